The number of amides is 1. The van der Waals surface area contributed by atoms with Gasteiger partial charge in [-0.1, -0.05) is 25.0 Å². The fourth-order valence-corrected chi connectivity index (χ4v) is 3.14. The van der Waals surface area contributed by atoms with Crippen LogP contribution < -0.4 is 5.32 Å². The lowest BCUT2D eigenvalue weighted by molar-refractivity contribution is -0.122. The molecule has 0 spiro atoms. The number of hydrogen-bond acceptors (Lipinski definition) is 3. The number of hydrogen-bond donors (Lipinski definition) is 2. The summed E-state index contributed by atoms with van der Waals surface area (Å²) in [6.45, 7) is 0.465. The number of rotatable bonds is 6. The first-order valence-corrected chi connectivity index (χ1v) is 8.27. The van der Waals surface area contributed by atoms with Crippen LogP contribution in [0.5, 0.6) is 0 Å². The van der Waals surface area contributed by atoms with E-state index in [0.717, 1.165) is 24.1 Å². The number of nitrogens with one attached hydrogen (secondary N) is 1. The van der Waals surface area contributed by atoms with E-state index in [0.29, 0.717) is 18.9 Å². The average molecular weight is 327 g/mol. The first-order chi connectivity index (χ1) is 11.6. The molecule has 1 aliphatic carbocycles. The van der Waals surface area contributed by atoms with Gasteiger partial charge in [0, 0.05) is 19.2 Å². The zero-order valence-electron chi connectivity index (χ0n) is 13.4. The SMILES string of the molecule is O=C(CC1CCCC1)NCc1cccc(-n2ccc(C(=O)O)n2)c1. The minimum atomic E-state index is -1.05. The molecule has 0 aliphatic heterocycles. The zero-order chi connectivity index (χ0) is 16.9. The second kappa shape index (κ2) is 7.29. The van der Waals surface area contributed by atoms with Gasteiger partial charge in [-0.3, -0.25) is 4.79 Å². The highest BCUT2D eigenvalue weighted by Gasteiger charge is 2.18. The van der Waals surface area contributed by atoms with Crippen molar-refractivity contribution >= 4 is 11.9 Å². The quantitative estimate of drug-likeness (QED) is 0.854. The molecular formula is C18H21N3O3. The summed E-state index contributed by atoms with van der Waals surface area (Å²) in [5.41, 5.74) is 1.73. The molecule has 6 heteroatoms. The molecule has 1 aromatic heterocycles. The molecule has 1 fully saturated rings. The van der Waals surface area contributed by atoms with Crippen LogP contribution in [0.3, 0.4) is 0 Å². The van der Waals surface area contributed by atoms with Crippen molar-refractivity contribution in [2.24, 2.45) is 5.92 Å². The molecule has 1 amide bonds. The summed E-state index contributed by atoms with van der Waals surface area (Å²) in [6, 6.07) is 9.01. The minimum absolute atomic E-state index is 0.00488. The standard InChI is InChI=1S/C18H21N3O3/c22-17(11-13-4-1-2-5-13)19-12-14-6-3-7-15(10-14)21-9-8-16(20-21)18(23)24/h3,6-10,13H,1-2,4-5,11-12H2,(H,19,22)(H,23,24). The van der Waals surface area contributed by atoms with Crippen LogP contribution >= 0.6 is 0 Å². The van der Waals surface area contributed by atoms with Gasteiger partial charge in [0.05, 0.1) is 5.69 Å². The number of aromatic carboxylic acids is 1. The van der Waals surface area contributed by atoms with Crippen LogP contribution in [-0.4, -0.2) is 26.8 Å². The van der Waals surface area contributed by atoms with E-state index in [2.05, 4.69) is 10.4 Å². The molecule has 1 saturated carbocycles. The number of carbonyl (C=O) groups excluding carboxylic acids is 1. The second-order valence-corrected chi connectivity index (χ2v) is 6.25. The van der Waals surface area contributed by atoms with Gasteiger partial charge in [-0.05, 0) is 42.5 Å². The maximum absolute atomic E-state index is 12.0. The van der Waals surface area contributed by atoms with Crippen molar-refractivity contribution in [2.45, 2.75) is 38.6 Å². The number of carboxylic acids is 1. The summed E-state index contributed by atoms with van der Waals surface area (Å²) in [5, 5.41) is 15.9. The summed E-state index contributed by atoms with van der Waals surface area (Å²) in [5.74, 6) is -0.418. The Balaban J connectivity index is 1.60. The highest BCUT2D eigenvalue weighted by atomic mass is 16.4. The third-order valence-corrected chi connectivity index (χ3v) is 4.42. The topological polar surface area (TPSA) is 84.2 Å². The summed E-state index contributed by atoms with van der Waals surface area (Å²) in [7, 11) is 0. The average Bonchev–Trinajstić information content (AvgIpc) is 3.25. The van der Waals surface area contributed by atoms with Crippen LogP contribution in [0.4, 0.5) is 0 Å². The van der Waals surface area contributed by atoms with Gasteiger partial charge >= 0.3 is 5.97 Å². The van der Waals surface area contributed by atoms with Gasteiger partial charge in [0.25, 0.3) is 0 Å². The monoisotopic (exact) mass is 327 g/mol. The summed E-state index contributed by atoms with van der Waals surface area (Å²) < 4.78 is 1.52. The van der Waals surface area contributed by atoms with Crippen molar-refractivity contribution in [2.75, 3.05) is 0 Å². The smallest absolute Gasteiger partial charge is 0.356 e. The number of carboxylic acid groups (broad SMARTS) is 1. The second-order valence-electron chi connectivity index (χ2n) is 6.25. The van der Waals surface area contributed by atoms with Crippen LogP contribution in [0, 0.1) is 5.92 Å². The maximum Gasteiger partial charge on any atom is 0.356 e. The molecule has 6 nitrogen and oxygen atoms in total. The van der Waals surface area contributed by atoms with E-state index in [9.17, 15) is 9.59 Å². The predicted octanol–water partition coefficient (Wildman–Crippen LogP) is 2.77. The highest BCUT2D eigenvalue weighted by Crippen LogP contribution is 2.27. The molecule has 126 valence electrons. The van der Waals surface area contributed by atoms with Crippen molar-refractivity contribution in [3.8, 4) is 5.69 Å². The number of benzene rings is 1. The van der Waals surface area contributed by atoms with E-state index in [1.807, 2.05) is 24.3 Å². The molecule has 2 N–H and O–H groups in total. The lowest BCUT2D eigenvalue weighted by Crippen LogP contribution is -2.24. The molecule has 0 bridgehead atoms. The normalized spacial score (nSPS) is 14.7. The Hall–Kier alpha value is -2.63. The van der Waals surface area contributed by atoms with Crippen LogP contribution in [-0.2, 0) is 11.3 Å². The van der Waals surface area contributed by atoms with Crippen LogP contribution in [0.15, 0.2) is 36.5 Å². The Labute approximate surface area is 140 Å². The van der Waals surface area contributed by atoms with Crippen molar-refractivity contribution in [1.82, 2.24) is 15.1 Å². The van der Waals surface area contributed by atoms with Crippen molar-refractivity contribution in [3.05, 3.63) is 47.8 Å². The van der Waals surface area contributed by atoms with E-state index in [1.54, 1.807) is 6.20 Å². The zero-order valence-corrected chi connectivity index (χ0v) is 13.4. The number of carbonyl (C=O) groups is 2. The summed E-state index contributed by atoms with van der Waals surface area (Å²) in [4.78, 5) is 22.9. The maximum atomic E-state index is 12.0. The molecule has 1 aromatic carbocycles. The molecular weight excluding hydrogens is 306 g/mol. The Morgan fingerprint density at radius 2 is 2.04 bits per heavy atom. The van der Waals surface area contributed by atoms with Gasteiger partial charge in [-0.2, -0.15) is 5.10 Å². The van der Waals surface area contributed by atoms with Crippen molar-refractivity contribution < 1.29 is 14.7 Å². The first kappa shape index (κ1) is 16.2. The molecule has 2 aromatic rings. The summed E-state index contributed by atoms with van der Waals surface area (Å²) >= 11 is 0. The Bertz CT molecular complexity index is 733. The third-order valence-electron chi connectivity index (χ3n) is 4.42. The lowest BCUT2D eigenvalue weighted by Gasteiger charge is -2.10. The minimum Gasteiger partial charge on any atom is -0.476 e. The lowest BCUT2D eigenvalue weighted by atomic mass is 10.0. The Morgan fingerprint density at radius 1 is 1.25 bits per heavy atom. The predicted molar refractivity (Wildman–Crippen MR) is 88.9 cm³/mol. The van der Waals surface area contributed by atoms with E-state index in [1.165, 1.54) is 23.6 Å². The van der Waals surface area contributed by atoms with Gasteiger partial charge in [-0.15, -0.1) is 0 Å². The van der Waals surface area contributed by atoms with E-state index in [4.69, 9.17) is 5.11 Å². The summed E-state index contributed by atoms with van der Waals surface area (Å²) in [6.07, 6.45) is 7.02. The molecule has 0 radical (unpaired) electrons. The van der Waals surface area contributed by atoms with Gasteiger partial charge in [0.2, 0.25) is 5.91 Å². The first-order valence-electron chi connectivity index (χ1n) is 8.27. The van der Waals surface area contributed by atoms with Crippen LogP contribution in [0.25, 0.3) is 5.69 Å². The van der Waals surface area contributed by atoms with Crippen molar-refractivity contribution in [3.63, 3.8) is 0 Å². The Morgan fingerprint density at radius 3 is 2.75 bits per heavy atom. The van der Waals surface area contributed by atoms with E-state index >= 15 is 0 Å². The van der Waals surface area contributed by atoms with Crippen LogP contribution in [0.1, 0.15) is 48.2 Å². The van der Waals surface area contributed by atoms with E-state index < -0.39 is 5.97 Å². The van der Waals surface area contributed by atoms with Gasteiger partial charge < -0.3 is 10.4 Å². The molecule has 0 saturated heterocycles. The number of nitrogens with zero attached hydrogens (tertiary/aromatic N) is 2. The molecule has 1 aliphatic rings. The third kappa shape index (κ3) is 4.01. The molecule has 0 unspecified atom stereocenters. The highest BCUT2D eigenvalue weighted by molar-refractivity contribution is 5.85. The number of aromatic nitrogens is 2. The van der Waals surface area contributed by atoms with Gasteiger partial charge in [0.1, 0.15) is 0 Å². The fraction of sp³-hybridized carbons (Fsp3) is 0.389. The van der Waals surface area contributed by atoms with Crippen molar-refractivity contribution in [1.29, 1.82) is 0 Å². The largest absolute Gasteiger partial charge is 0.476 e. The molecule has 3 rings (SSSR count). The van der Waals surface area contributed by atoms with Crippen LogP contribution in [0.2, 0.25) is 0 Å². The molecule has 24 heavy (non-hydrogen) atoms. The van der Waals surface area contributed by atoms with Gasteiger partial charge in [0.15, 0.2) is 5.69 Å². The fourth-order valence-electron chi connectivity index (χ4n) is 3.14. The molecule has 1 heterocycles. The Kier molecular flexibility index (Phi) is 4.93. The molecule has 0 atom stereocenters. The van der Waals surface area contributed by atoms with E-state index in [-0.39, 0.29) is 11.6 Å². The van der Waals surface area contributed by atoms with Gasteiger partial charge in [-0.25, -0.2) is 9.48 Å².